The third kappa shape index (κ3) is 8.84. The maximum Gasteiger partial charge on any atom is 0.244 e. The Morgan fingerprint density at radius 2 is 0.587 bits per heavy atom. The van der Waals surface area contributed by atoms with Gasteiger partial charge in [0.25, 0.3) is 0 Å². The van der Waals surface area contributed by atoms with Crippen molar-refractivity contribution in [1.29, 1.82) is 0 Å². The minimum Gasteiger partial charge on any atom is -0.207 e. The molecule has 332 valence electrons. The first-order valence-electron chi connectivity index (χ1n) is 20.9. The lowest BCUT2D eigenvalue weighted by molar-refractivity contribution is 0.241. The molecule has 0 aromatic heterocycles. The Labute approximate surface area is 372 Å². The zero-order valence-electron chi connectivity index (χ0n) is 35.5. The van der Waals surface area contributed by atoms with E-state index in [9.17, 15) is 33.7 Å². The van der Waals surface area contributed by atoms with Crippen LogP contribution in [-0.4, -0.2) is 100 Å². The fraction of sp³-hybridized carbons (Fsp3) is 0.319. The molecule has 0 radical (unpaired) electrons. The molecule has 4 aliphatic rings. The summed E-state index contributed by atoms with van der Waals surface area (Å²) >= 11 is 0. The Kier molecular flexibility index (Phi) is 12.5. The first kappa shape index (κ1) is 45.1. The molecule has 0 amide bonds. The molecule has 0 bridgehead atoms. The summed E-state index contributed by atoms with van der Waals surface area (Å²) in [7, 11) is -16.4. The maximum atomic E-state index is 14.9. The van der Waals surface area contributed by atoms with Crippen molar-refractivity contribution in [3.8, 4) is 0 Å². The minimum atomic E-state index is -4.24. The number of hydrogen-bond donors (Lipinski definition) is 0. The molecule has 4 heterocycles. The summed E-state index contributed by atoms with van der Waals surface area (Å²) < 4.78 is 121. The van der Waals surface area contributed by atoms with E-state index in [4.69, 9.17) is 0 Å². The second-order valence-electron chi connectivity index (χ2n) is 16.8. The van der Waals surface area contributed by atoms with Crippen molar-refractivity contribution in [3.63, 3.8) is 0 Å². The van der Waals surface area contributed by atoms with Gasteiger partial charge in [-0.2, -0.15) is 17.2 Å². The number of hydrogen-bond acceptors (Lipinski definition) is 8. The predicted molar refractivity (Wildman–Crippen MR) is 244 cm³/mol. The highest BCUT2D eigenvalue weighted by molar-refractivity contribution is 7.90. The first-order valence-corrected chi connectivity index (χ1v) is 26.7. The van der Waals surface area contributed by atoms with Crippen molar-refractivity contribution in [1.82, 2.24) is 17.2 Å². The van der Waals surface area contributed by atoms with E-state index in [2.05, 4.69) is 0 Å². The van der Waals surface area contributed by atoms with Gasteiger partial charge in [0.05, 0.1) is 19.6 Å². The van der Waals surface area contributed by atoms with Gasteiger partial charge in [-0.25, -0.2) is 33.7 Å². The number of nitrogens with zero attached hydrogens (tertiary/aromatic N) is 4. The van der Waals surface area contributed by atoms with Crippen LogP contribution < -0.4 is 0 Å². The van der Waals surface area contributed by atoms with Crippen molar-refractivity contribution in [3.05, 3.63) is 168 Å². The van der Waals surface area contributed by atoms with Crippen LogP contribution in [0.3, 0.4) is 0 Å². The monoisotopic (exact) mass is 928 g/mol. The standard InChI is InChI=1S/C47H52N4O8S4/c1-34-9-21-44(22-10-34)60(52,53)48-29-5-7-38(48)31-40-17-19-42(50(40)62(56,57)46-25-13-36(3)14-26-46)33-43-20-18-41(51(43)63(58,59)47-27-15-37(4)16-28-47)32-39-8-6-30-49(39)61(54,55)45-23-11-35(2)12-24-45/h5-28,38-43H,29-33H2,1-4H3. The fourth-order valence-electron chi connectivity index (χ4n) is 8.94. The van der Waals surface area contributed by atoms with E-state index in [0.29, 0.717) is 0 Å². The fourth-order valence-corrected chi connectivity index (χ4v) is 15.5. The highest BCUT2D eigenvalue weighted by atomic mass is 32.2. The number of rotatable bonds is 14. The summed E-state index contributed by atoms with van der Waals surface area (Å²) in [6.07, 6.45) is 14.5. The lowest BCUT2D eigenvalue weighted by atomic mass is 10.1. The summed E-state index contributed by atoms with van der Waals surface area (Å²) in [5.41, 5.74) is 3.58. The second-order valence-corrected chi connectivity index (χ2v) is 24.3. The van der Waals surface area contributed by atoms with Gasteiger partial charge in [0.2, 0.25) is 40.1 Å². The van der Waals surface area contributed by atoms with Crippen LogP contribution in [0.25, 0.3) is 0 Å². The molecule has 0 saturated heterocycles. The summed E-state index contributed by atoms with van der Waals surface area (Å²) in [5, 5.41) is 0. The molecule has 0 saturated carbocycles. The molecular weight excluding hydrogens is 877 g/mol. The lowest BCUT2D eigenvalue weighted by Crippen LogP contribution is -2.49. The Morgan fingerprint density at radius 3 is 0.857 bits per heavy atom. The molecule has 4 aliphatic heterocycles. The number of aryl methyl sites for hydroxylation is 4. The largest absolute Gasteiger partial charge is 0.244 e. The van der Waals surface area contributed by atoms with Gasteiger partial charge < -0.3 is 0 Å². The van der Waals surface area contributed by atoms with Gasteiger partial charge in [-0.1, -0.05) is 119 Å². The van der Waals surface area contributed by atoms with Gasteiger partial charge in [-0.05, 0) is 95.5 Å². The molecule has 0 aliphatic carbocycles. The molecule has 63 heavy (non-hydrogen) atoms. The molecular formula is C47H52N4O8S4. The normalized spacial score (nSPS) is 24.9. The van der Waals surface area contributed by atoms with Crippen LogP contribution in [0.2, 0.25) is 0 Å². The molecule has 8 rings (SSSR count). The van der Waals surface area contributed by atoms with Gasteiger partial charge >= 0.3 is 0 Å². The van der Waals surface area contributed by atoms with E-state index in [0.717, 1.165) is 22.3 Å². The zero-order valence-corrected chi connectivity index (χ0v) is 38.8. The summed E-state index contributed by atoms with van der Waals surface area (Å²) in [6, 6.07) is 21.8. The van der Waals surface area contributed by atoms with Crippen molar-refractivity contribution >= 4 is 40.1 Å². The van der Waals surface area contributed by atoms with Crippen LogP contribution in [0.1, 0.15) is 41.5 Å². The smallest absolute Gasteiger partial charge is 0.207 e. The molecule has 6 atom stereocenters. The Morgan fingerprint density at radius 1 is 0.349 bits per heavy atom. The molecule has 0 N–H and O–H groups in total. The third-order valence-electron chi connectivity index (χ3n) is 12.3. The Hall–Kier alpha value is -4.52. The molecule has 4 aromatic carbocycles. The van der Waals surface area contributed by atoms with E-state index in [1.807, 2.05) is 27.7 Å². The van der Waals surface area contributed by atoms with Crippen molar-refractivity contribution in [2.75, 3.05) is 13.1 Å². The van der Waals surface area contributed by atoms with E-state index in [1.54, 1.807) is 146 Å². The van der Waals surface area contributed by atoms with Gasteiger partial charge in [-0.3, -0.25) is 0 Å². The molecule has 0 spiro atoms. The highest BCUT2D eigenvalue weighted by Gasteiger charge is 2.47. The molecule has 12 nitrogen and oxygen atoms in total. The minimum absolute atomic E-state index is 0.0357. The quantitative estimate of drug-likeness (QED) is 0.128. The summed E-state index contributed by atoms with van der Waals surface area (Å²) in [4.78, 5) is 0.411. The van der Waals surface area contributed by atoms with E-state index in [-0.39, 0.29) is 51.9 Å². The molecule has 16 heteroatoms. The lowest BCUT2D eigenvalue weighted by Gasteiger charge is -2.36. The van der Waals surface area contributed by atoms with Crippen LogP contribution in [0.5, 0.6) is 0 Å². The van der Waals surface area contributed by atoms with Gasteiger partial charge in [0.1, 0.15) is 0 Å². The Balaban J connectivity index is 1.11. The van der Waals surface area contributed by atoms with Crippen molar-refractivity contribution in [2.24, 2.45) is 0 Å². The van der Waals surface area contributed by atoms with Crippen molar-refractivity contribution < 1.29 is 33.7 Å². The van der Waals surface area contributed by atoms with Gasteiger partial charge in [-0.15, -0.1) is 0 Å². The SMILES string of the molecule is Cc1ccc(S(=O)(=O)N2CC=CC2CC2C=CC(CC3C=CC(CC4C=CCN4S(=O)(=O)c4ccc(C)cc4)N3S(=O)(=O)c3ccc(C)cc3)N2S(=O)(=O)c2ccc(C)cc2)cc1. The topological polar surface area (TPSA) is 150 Å². The molecule has 6 unspecified atom stereocenters. The zero-order chi connectivity index (χ0) is 44.9. The van der Waals surface area contributed by atoms with E-state index in [1.165, 1.54) is 17.2 Å². The number of benzene rings is 4. The average Bonchev–Trinajstić information content (AvgIpc) is 4.07. The van der Waals surface area contributed by atoms with E-state index >= 15 is 0 Å². The first-order chi connectivity index (χ1) is 29.9. The second kappa shape index (κ2) is 17.5. The van der Waals surface area contributed by atoms with Crippen LogP contribution in [0.4, 0.5) is 0 Å². The van der Waals surface area contributed by atoms with Gasteiger partial charge in [0, 0.05) is 49.3 Å². The Bertz CT molecular complexity index is 2710. The molecule has 4 aromatic rings. The van der Waals surface area contributed by atoms with Gasteiger partial charge in [0.15, 0.2) is 0 Å². The predicted octanol–water partition coefficient (Wildman–Crippen LogP) is 6.64. The van der Waals surface area contributed by atoms with Crippen LogP contribution in [-0.2, 0) is 40.1 Å². The summed E-state index contributed by atoms with van der Waals surface area (Å²) in [6.45, 7) is 7.74. The van der Waals surface area contributed by atoms with Crippen LogP contribution >= 0.6 is 0 Å². The van der Waals surface area contributed by atoms with Crippen LogP contribution in [0, 0.1) is 27.7 Å². The summed E-state index contributed by atoms with van der Waals surface area (Å²) in [5.74, 6) is 0. The van der Waals surface area contributed by atoms with Crippen LogP contribution in [0.15, 0.2) is 165 Å². The number of sulfonamides is 4. The average molecular weight is 929 g/mol. The molecule has 0 fully saturated rings. The third-order valence-corrected chi connectivity index (χ3v) is 20.1. The van der Waals surface area contributed by atoms with E-state index < -0.39 is 76.3 Å². The maximum absolute atomic E-state index is 14.9. The highest BCUT2D eigenvalue weighted by Crippen LogP contribution is 2.39. The van der Waals surface area contributed by atoms with Crippen molar-refractivity contribution in [2.45, 2.75) is 103 Å².